The number of hydrogen-bond acceptors (Lipinski definition) is 4. The Morgan fingerprint density at radius 3 is 1.36 bits per heavy atom. The molecule has 4 nitrogen and oxygen atoms in total. The quantitative estimate of drug-likeness (QED) is 0.134. The van der Waals surface area contributed by atoms with E-state index in [4.69, 9.17) is 9.47 Å². The number of ether oxygens (including phenoxy) is 2. The molecule has 194 valence electrons. The van der Waals surface area contributed by atoms with Crippen molar-refractivity contribution in [3.63, 3.8) is 0 Å². The van der Waals surface area contributed by atoms with E-state index in [0.29, 0.717) is 11.5 Å². The van der Waals surface area contributed by atoms with Gasteiger partial charge in [0.25, 0.3) is 0 Å². The molecule has 0 atom stereocenters. The predicted molar refractivity (Wildman–Crippen MR) is 154 cm³/mol. The zero-order valence-corrected chi connectivity index (χ0v) is 22.6. The molecule has 0 bridgehead atoms. The molecule has 0 unspecified atom stereocenters. The molecule has 0 amide bonds. The van der Waals surface area contributed by atoms with Crippen molar-refractivity contribution >= 4 is 11.9 Å². The minimum Gasteiger partial charge on any atom is -0.423 e. The lowest BCUT2D eigenvalue weighted by Crippen LogP contribution is -2.31. The van der Waals surface area contributed by atoms with E-state index in [-0.39, 0.29) is 0 Å². The van der Waals surface area contributed by atoms with Crippen LogP contribution in [0.15, 0.2) is 98.1 Å². The number of carbonyl (C=O) groups is 2. The Hall–Kier alpha value is -4.70. The molecule has 0 N–H and O–H groups in total. The minimum atomic E-state index is -0.961. The zero-order chi connectivity index (χ0) is 27.9. The maximum absolute atomic E-state index is 12.7. The van der Waals surface area contributed by atoms with Gasteiger partial charge in [-0.1, -0.05) is 86.0 Å². The monoisotopic (exact) mass is 514 g/mol. The zero-order valence-electron chi connectivity index (χ0n) is 22.6. The molecule has 1 aliphatic rings. The summed E-state index contributed by atoms with van der Waals surface area (Å²) in [6.07, 6.45) is 2.34. The summed E-state index contributed by atoms with van der Waals surface area (Å²) in [6, 6.07) is 24.5. The number of hydrogen-bond donors (Lipinski definition) is 0. The fraction of sp³-hybridized carbons (Fsp3) is 0.143. The number of fused-ring (bicyclic) bond motifs is 3. The highest BCUT2D eigenvalue weighted by atomic mass is 16.5. The van der Waals surface area contributed by atoms with Gasteiger partial charge in [0.2, 0.25) is 0 Å². The van der Waals surface area contributed by atoms with Gasteiger partial charge in [-0.15, -0.1) is 0 Å². The highest BCUT2D eigenvalue weighted by Gasteiger charge is 2.50. The third kappa shape index (κ3) is 3.91. The van der Waals surface area contributed by atoms with Crippen LogP contribution in [0.2, 0.25) is 0 Å². The standard InChI is InChI=1S/C35H30O4/c1-7-31(36)38-33-23(5)21(3)17-19-29(33)35(30-20-18-22(4)24(6)34(30)39-32(37)8-2)27-15-11-9-13-25(27)26-14-10-12-16-28(26)35/h7-20H,1-2H2,3-6H3. The molecule has 4 aromatic carbocycles. The van der Waals surface area contributed by atoms with E-state index in [9.17, 15) is 9.59 Å². The Labute approximate surface area is 229 Å². The predicted octanol–water partition coefficient (Wildman–Crippen LogP) is 7.47. The molecule has 0 fully saturated rings. The maximum atomic E-state index is 12.7. The molecule has 0 spiro atoms. The molecule has 39 heavy (non-hydrogen) atoms. The number of rotatable bonds is 6. The van der Waals surface area contributed by atoms with Gasteiger partial charge in [-0.05, 0) is 72.2 Å². The van der Waals surface area contributed by atoms with Crippen LogP contribution in [-0.2, 0) is 15.0 Å². The Morgan fingerprint density at radius 1 is 0.590 bits per heavy atom. The van der Waals surface area contributed by atoms with Gasteiger partial charge in [-0.2, -0.15) is 0 Å². The smallest absolute Gasteiger partial charge is 0.335 e. The lowest BCUT2D eigenvalue weighted by atomic mass is 9.66. The van der Waals surface area contributed by atoms with Crippen molar-refractivity contribution in [2.24, 2.45) is 0 Å². The van der Waals surface area contributed by atoms with Gasteiger partial charge in [0.15, 0.2) is 0 Å². The molecular weight excluding hydrogens is 484 g/mol. The van der Waals surface area contributed by atoms with Crippen molar-refractivity contribution in [2.45, 2.75) is 33.1 Å². The van der Waals surface area contributed by atoms with Gasteiger partial charge in [0, 0.05) is 23.3 Å². The summed E-state index contributed by atoms with van der Waals surface area (Å²) < 4.78 is 12.0. The molecular formula is C35H30O4. The summed E-state index contributed by atoms with van der Waals surface area (Å²) in [5.41, 5.74) is 8.38. The van der Waals surface area contributed by atoms with E-state index in [2.05, 4.69) is 37.4 Å². The van der Waals surface area contributed by atoms with E-state index < -0.39 is 17.4 Å². The van der Waals surface area contributed by atoms with Crippen LogP contribution in [0.1, 0.15) is 44.5 Å². The SMILES string of the molecule is C=CC(=O)Oc1c(C2(c3ccc(C)c(C)c3OC(=O)C=C)c3ccccc3-c3ccccc32)ccc(C)c1C. The molecule has 0 saturated heterocycles. The van der Waals surface area contributed by atoms with Crippen LogP contribution in [0.5, 0.6) is 11.5 Å². The normalized spacial score (nSPS) is 12.7. The first-order valence-corrected chi connectivity index (χ1v) is 12.8. The van der Waals surface area contributed by atoms with E-state index in [0.717, 1.165) is 55.6 Å². The maximum Gasteiger partial charge on any atom is 0.335 e. The Kier molecular flexibility index (Phi) is 6.57. The Morgan fingerprint density at radius 2 is 0.974 bits per heavy atom. The summed E-state index contributed by atoms with van der Waals surface area (Å²) in [7, 11) is 0. The number of benzene rings is 4. The van der Waals surface area contributed by atoms with Gasteiger partial charge in [-0.3, -0.25) is 0 Å². The minimum absolute atomic E-state index is 0.464. The van der Waals surface area contributed by atoms with E-state index in [1.165, 1.54) is 12.2 Å². The molecule has 0 aliphatic heterocycles. The van der Waals surface area contributed by atoms with Crippen molar-refractivity contribution in [3.8, 4) is 22.6 Å². The topological polar surface area (TPSA) is 52.6 Å². The Bertz CT molecular complexity index is 1550. The van der Waals surface area contributed by atoms with Crippen molar-refractivity contribution in [3.05, 3.63) is 143 Å². The van der Waals surface area contributed by atoms with Crippen LogP contribution in [-0.4, -0.2) is 11.9 Å². The van der Waals surface area contributed by atoms with Crippen LogP contribution in [0.3, 0.4) is 0 Å². The van der Waals surface area contributed by atoms with Crippen LogP contribution in [0.25, 0.3) is 11.1 Å². The van der Waals surface area contributed by atoms with Crippen molar-refractivity contribution in [2.75, 3.05) is 0 Å². The molecule has 0 saturated carbocycles. The lowest BCUT2D eigenvalue weighted by Gasteiger charge is -2.37. The summed E-state index contributed by atoms with van der Waals surface area (Å²) in [6.45, 7) is 15.1. The molecule has 0 aromatic heterocycles. The second-order valence-electron chi connectivity index (χ2n) is 9.86. The summed E-state index contributed by atoms with van der Waals surface area (Å²) in [4.78, 5) is 25.3. The first-order valence-electron chi connectivity index (χ1n) is 12.8. The largest absolute Gasteiger partial charge is 0.423 e. The van der Waals surface area contributed by atoms with Crippen molar-refractivity contribution in [1.82, 2.24) is 0 Å². The van der Waals surface area contributed by atoms with E-state index in [1.54, 1.807) is 0 Å². The second-order valence-corrected chi connectivity index (χ2v) is 9.86. The first kappa shape index (κ1) is 25.9. The third-order valence-corrected chi connectivity index (χ3v) is 7.85. The summed E-state index contributed by atoms with van der Waals surface area (Å²) in [5.74, 6) is -0.160. The van der Waals surface area contributed by atoms with E-state index in [1.807, 2.05) is 76.2 Å². The summed E-state index contributed by atoms with van der Waals surface area (Å²) in [5, 5.41) is 0. The average molecular weight is 515 g/mol. The fourth-order valence-corrected chi connectivity index (χ4v) is 5.68. The molecule has 0 radical (unpaired) electrons. The molecule has 4 heteroatoms. The molecule has 1 aliphatic carbocycles. The molecule has 5 rings (SSSR count). The van der Waals surface area contributed by atoms with Gasteiger partial charge in [0.1, 0.15) is 11.5 Å². The van der Waals surface area contributed by atoms with Gasteiger partial charge in [0.05, 0.1) is 5.41 Å². The van der Waals surface area contributed by atoms with E-state index >= 15 is 0 Å². The number of aryl methyl sites for hydroxylation is 2. The molecule has 4 aromatic rings. The molecule has 0 heterocycles. The lowest BCUT2D eigenvalue weighted by molar-refractivity contribution is -0.129. The first-order chi connectivity index (χ1) is 18.7. The third-order valence-electron chi connectivity index (χ3n) is 7.85. The average Bonchev–Trinajstić information content (AvgIpc) is 3.25. The van der Waals surface area contributed by atoms with Crippen LogP contribution in [0.4, 0.5) is 0 Å². The van der Waals surface area contributed by atoms with Gasteiger partial charge < -0.3 is 9.47 Å². The van der Waals surface area contributed by atoms with Crippen molar-refractivity contribution < 1.29 is 19.1 Å². The second kappa shape index (κ2) is 9.88. The fourth-order valence-electron chi connectivity index (χ4n) is 5.68. The number of carbonyl (C=O) groups excluding carboxylic acids is 2. The van der Waals surface area contributed by atoms with Crippen LogP contribution < -0.4 is 9.47 Å². The highest BCUT2D eigenvalue weighted by Crippen LogP contribution is 2.60. The highest BCUT2D eigenvalue weighted by molar-refractivity contribution is 5.90. The van der Waals surface area contributed by atoms with Crippen LogP contribution in [0, 0.1) is 27.7 Å². The summed E-state index contributed by atoms with van der Waals surface area (Å²) >= 11 is 0. The number of esters is 2. The van der Waals surface area contributed by atoms with Crippen LogP contribution >= 0.6 is 0 Å². The van der Waals surface area contributed by atoms with Gasteiger partial charge in [-0.25, -0.2) is 9.59 Å². The van der Waals surface area contributed by atoms with Gasteiger partial charge >= 0.3 is 11.9 Å². The van der Waals surface area contributed by atoms with Crippen molar-refractivity contribution in [1.29, 1.82) is 0 Å². The Balaban J connectivity index is 2.02.